The Balaban J connectivity index is 3.02. The van der Waals surface area contributed by atoms with Crippen LogP contribution in [0.5, 0.6) is 0 Å². The van der Waals surface area contributed by atoms with E-state index >= 15 is 0 Å². The summed E-state index contributed by atoms with van der Waals surface area (Å²) in [6.45, 7) is 4.00. The lowest BCUT2D eigenvalue weighted by Crippen LogP contribution is -2.31. The van der Waals surface area contributed by atoms with Gasteiger partial charge in [-0.3, -0.25) is 15.4 Å². The van der Waals surface area contributed by atoms with E-state index in [1.165, 1.54) is 4.57 Å². The van der Waals surface area contributed by atoms with Gasteiger partial charge in [0.1, 0.15) is 5.84 Å². The van der Waals surface area contributed by atoms with Crippen molar-refractivity contribution >= 4 is 5.84 Å². The first-order valence-corrected chi connectivity index (χ1v) is 4.34. The monoisotopic (exact) mass is 178 g/mol. The first kappa shape index (κ1) is 9.64. The van der Waals surface area contributed by atoms with Gasteiger partial charge in [-0.05, 0) is 12.5 Å². The first-order chi connectivity index (χ1) is 6.16. The van der Waals surface area contributed by atoms with Crippen LogP contribution in [0.2, 0.25) is 0 Å². The van der Waals surface area contributed by atoms with Crippen molar-refractivity contribution in [1.29, 1.82) is 10.8 Å². The Morgan fingerprint density at radius 2 is 2.38 bits per heavy atom. The molecule has 1 aromatic heterocycles. The Morgan fingerprint density at radius 1 is 1.69 bits per heavy atom. The zero-order valence-corrected chi connectivity index (χ0v) is 7.91. The first-order valence-electron chi connectivity index (χ1n) is 4.34. The largest absolute Gasteiger partial charge is 0.288 e. The second-order valence-electron chi connectivity index (χ2n) is 3.01. The fraction of sp³-hybridized carbons (Fsp3) is 0.444. The van der Waals surface area contributed by atoms with E-state index in [-0.39, 0.29) is 11.5 Å². The number of hydrogen-bond donors (Lipinski definition) is 2. The zero-order chi connectivity index (χ0) is 9.84. The number of hydrogen-bond acceptors (Lipinski definition) is 3. The van der Waals surface area contributed by atoms with Gasteiger partial charge in [-0.2, -0.15) is 0 Å². The van der Waals surface area contributed by atoms with Gasteiger partial charge < -0.3 is 0 Å². The van der Waals surface area contributed by atoms with Crippen LogP contribution in [0.3, 0.4) is 0 Å². The van der Waals surface area contributed by atoms with Crippen molar-refractivity contribution in [2.24, 2.45) is 5.92 Å². The molecular weight excluding hydrogens is 164 g/mol. The summed E-state index contributed by atoms with van der Waals surface area (Å²) in [6, 6.07) is 1.73. The zero-order valence-electron chi connectivity index (χ0n) is 7.91. The Morgan fingerprint density at radius 3 is 2.92 bits per heavy atom. The molecule has 0 aliphatic rings. The SMILES string of the molecule is CCC(C)C(=N)n1cccnc1=N. The molecule has 1 atom stereocenters. The summed E-state index contributed by atoms with van der Waals surface area (Å²) in [5, 5.41) is 15.3. The van der Waals surface area contributed by atoms with E-state index in [0.717, 1.165) is 6.42 Å². The van der Waals surface area contributed by atoms with Crippen molar-refractivity contribution in [3.63, 3.8) is 0 Å². The molecule has 0 saturated carbocycles. The standard InChI is InChI=1S/C9H14N4/c1-3-7(2)8(10)13-6-4-5-12-9(13)11/h4-7,10-11H,3H2,1-2H3. The Hall–Kier alpha value is -1.45. The van der Waals surface area contributed by atoms with Gasteiger partial charge in [-0.25, -0.2) is 4.98 Å². The van der Waals surface area contributed by atoms with Gasteiger partial charge in [0.05, 0.1) is 0 Å². The molecule has 4 nitrogen and oxygen atoms in total. The van der Waals surface area contributed by atoms with Gasteiger partial charge in [0.15, 0.2) is 0 Å². The predicted octanol–water partition coefficient (Wildman–Crippen LogP) is 1.23. The van der Waals surface area contributed by atoms with Gasteiger partial charge >= 0.3 is 0 Å². The maximum absolute atomic E-state index is 7.78. The fourth-order valence-electron chi connectivity index (χ4n) is 0.996. The lowest BCUT2D eigenvalue weighted by atomic mass is 10.1. The molecule has 0 bridgehead atoms. The summed E-state index contributed by atoms with van der Waals surface area (Å²) < 4.78 is 1.49. The van der Waals surface area contributed by atoms with Crippen molar-refractivity contribution in [2.45, 2.75) is 20.3 Å². The van der Waals surface area contributed by atoms with Crippen molar-refractivity contribution in [2.75, 3.05) is 0 Å². The molecule has 0 aromatic carbocycles. The van der Waals surface area contributed by atoms with Gasteiger partial charge in [-0.1, -0.05) is 13.8 Å². The summed E-state index contributed by atoms with van der Waals surface area (Å²) in [7, 11) is 0. The van der Waals surface area contributed by atoms with E-state index < -0.39 is 0 Å². The lowest BCUT2D eigenvalue weighted by molar-refractivity contribution is 0.691. The maximum atomic E-state index is 7.78. The molecule has 0 fully saturated rings. The highest BCUT2D eigenvalue weighted by molar-refractivity contribution is 5.83. The quantitative estimate of drug-likeness (QED) is 0.519. The van der Waals surface area contributed by atoms with Crippen LogP contribution < -0.4 is 5.62 Å². The molecule has 0 spiro atoms. The molecule has 70 valence electrons. The molecule has 2 N–H and O–H groups in total. The predicted molar refractivity (Wildman–Crippen MR) is 50.7 cm³/mol. The second-order valence-corrected chi connectivity index (χ2v) is 3.01. The number of nitrogens with zero attached hydrogens (tertiary/aromatic N) is 2. The fourth-order valence-corrected chi connectivity index (χ4v) is 0.996. The molecule has 0 amide bonds. The van der Waals surface area contributed by atoms with Gasteiger partial charge in [-0.15, -0.1) is 0 Å². The van der Waals surface area contributed by atoms with Crippen LogP contribution >= 0.6 is 0 Å². The topological polar surface area (TPSA) is 65.5 Å². The summed E-state index contributed by atoms with van der Waals surface area (Å²) in [6.07, 6.45) is 4.16. The van der Waals surface area contributed by atoms with Crippen LogP contribution in [0.4, 0.5) is 0 Å². The van der Waals surface area contributed by atoms with Crippen LogP contribution in [-0.2, 0) is 0 Å². The van der Waals surface area contributed by atoms with E-state index in [1.54, 1.807) is 18.5 Å². The summed E-state index contributed by atoms with van der Waals surface area (Å²) in [5.41, 5.74) is 0.118. The van der Waals surface area contributed by atoms with E-state index in [0.29, 0.717) is 5.84 Å². The minimum absolute atomic E-state index is 0.118. The van der Waals surface area contributed by atoms with E-state index in [2.05, 4.69) is 4.98 Å². The molecule has 4 heteroatoms. The highest BCUT2D eigenvalue weighted by Crippen LogP contribution is 2.02. The second kappa shape index (κ2) is 3.98. The molecule has 0 aliphatic carbocycles. The van der Waals surface area contributed by atoms with Crippen molar-refractivity contribution < 1.29 is 0 Å². The molecular formula is C9H14N4. The third kappa shape index (κ3) is 2.02. The molecule has 1 unspecified atom stereocenters. The van der Waals surface area contributed by atoms with Crippen molar-refractivity contribution in [1.82, 2.24) is 9.55 Å². The van der Waals surface area contributed by atoms with E-state index in [4.69, 9.17) is 10.8 Å². The average Bonchev–Trinajstić information content (AvgIpc) is 2.16. The summed E-state index contributed by atoms with van der Waals surface area (Å²) in [4.78, 5) is 3.81. The molecule has 1 aromatic rings. The van der Waals surface area contributed by atoms with E-state index in [9.17, 15) is 0 Å². The summed E-state index contributed by atoms with van der Waals surface area (Å²) in [5.74, 6) is 0.596. The molecule has 0 aliphatic heterocycles. The average molecular weight is 178 g/mol. The Kier molecular flexibility index (Phi) is 2.95. The molecule has 0 saturated heterocycles. The maximum Gasteiger partial charge on any atom is 0.227 e. The van der Waals surface area contributed by atoms with Crippen molar-refractivity contribution in [3.05, 3.63) is 24.1 Å². The third-order valence-electron chi connectivity index (χ3n) is 2.08. The van der Waals surface area contributed by atoms with Crippen LogP contribution in [-0.4, -0.2) is 15.4 Å². The van der Waals surface area contributed by atoms with Crippen LogP contribution in [0, 0.1) is 16.7 Å². The number of aromatic nitrogens is 2. The van der Waals surface area contributed by atoms with Crippen LogP contribution in [0.25, 0.3) is 0 Å². The Labute approximate surface area is 77.3 Å². The van der Waals surface area contributed by atoms with E-state index in [1.807, 2.05) is 13.8 Å². The molecule has 1 heterocycles. The molecule has 1 rings (SSSR count). The van der Waals surface area contributed by atoms with Gasteiger partial charge in [0, 0.05) is 18.3 Å². The number of nitrogens with one attached hydrogen (secondary N) is 2. The van der Waals surface area contributed by atoms with Crippen molar-refractivity contribution in [3.8, 4) is 0 Å². The van der Waals surface area contributed by atoms with Gasteiger partial charge in [0.25, 0.3) is 0 Å². The van der Waals surface area contributed by atoms with Crippen LogP contribution in [0.1, 0.15) is 20.3 Å². The highest BCUT2D eigenvalue weighted by atomic mass is 15.1. The summed E-state index contributed by atoms with van der Waals surface area (Å²) >= 11 is 0. The van der Waals surface area contributed by atoms with Gasteiger partial charge in [0.2, 0.25) is 5.62 Å². The third-order valence-corrected chi connectivity index (χ3v) is 2.08. The smallest absolute Gasteiger partial charge is 0.227 e. The number of rotatable bonds is 2. The lowest BCUT2D eigenvalue weighted by Gasteiger charge is -2.12. The normalized spacial score (nSPS) is 12.5. The minimum atomic E-state index is 0.118. The highest BCUT2D eigenvalue weighted by Gasteiger charge is 2.08. The molecule has 13 heavy (non-hydrogen) atoms. The van der Waals surface area contributed by atoms with Crippen LogP contribution in [0.15, 0.2) is 18.5 Å². The minimum Gasteiger partial charge on any atom is -0.288 e. The molecule has 0 radical (unpaired) electrons. The Bertz CT molecular complexity index is 353.